The van der Waals surface area contributed by atoms with Crippen LogP contribution in [0.25, 0.3) is 0 Å². The molecule has 1 aromatic heterocycles. The molecule has 0 fully saturated rings. The molecule has 1 unspecified atom stereocenters. The number of carbonyl (C=O) groups excluding carboxylic acids is 1. The van der Waals surface area contributed by atoms with Crippen LogP contribution in [0, 0.1) is 0 Å². The van der Waals surface area contributed by atoms with Crippen molar-refractivity contribution in [3.63, 3.8) is 0 Å². The first-order valence-electron chi connectivity index (χ1n) is 8.79. The average molecular weight is 431 g/mol. The molecule has 2 atom stereocenters. The van der Waals surface area contributed by atoms with Gasteiger partial charge in [0.1, 0.15) is 6.04 Å². The summed E-state index contributed by atoms with van der Waals surface area (Å²) in [7, 11) is 0. The molecular formula is C20H19F6N3O. The molecule has 10 heteroatoms. The Morgan fingerprint density at radius 2 is 1.73 bits per heavy atom. The summed E-state index contributed by atoms with van der Waals surface area (Å²) in [6, 6.07) is 2.91. The summed E-state index contributed by atoms with van der Waals surface area (Å²) in [6.45, 7) is 4.39. The fraction of sp³-hybridized carbons (Fsp3) is 0.300. The summed E-state index contributed by atoms with van der Waals surface area (Å²) in [5, 5.41) is 4.16. The van der Waals surface area contributed by atoms with Crippen molar-refractivity contribution in [1.82, 2.24) is 15.6 Å². The minimum Gasteiger partial charge on any atom is -0.327 e. The molecule has 0 aliphatic heterocycles. The second-order valence-electron chi connectivity index (χ2n) is 6.47. The number of alkyl halides is 6. The van der Waals surface area contributed by atoms with E-state index in [1.165, 1.54) is 6.20 Å². The molecule has 2 rings (SSSR count). The largest absolute Gasteiger partial charge is 0.416 e. The Hall–Kier alpha value is -3.04. The number of hydrogen-bond donors (Lipinski definition) is 2. The number of aromatic nitrogens is 1. The third-order valence-electron chi connectivity index (χ3n) is 4.25. The number of amides is 2. The van der Waals surface area contributed by atoms with Gasteiger partial charge in [0.2, 0.25) is 0 Å². The second kappa shape index (κ2) is 9.19. The third-order valence-corrected chi connectivity index (χ3v) is 4.25. The van der Waals surface area contributed by atoms with Crippen molar-refractivity contribution in [3.05, 3.63) is 77.6 Å². The lowest BCUT2D eigenvalue weighted by Gasteiger charge is -2.24. The smallest absolute Gasteiger partial charge is 0.327 e. The van der Waals surface area contributed by atoms with Crippen LogP contribution >= 0.6 is 0 Å². The number of allylic oxidation sites excluding steroid dienone is 1. The molecule has 2 amide bonds. The molecule has 1 heterocycles. The number of hydrogen-bond acceptors (Lipinski definition) is 2. The maximum Gasteiger partial charge on any atom is 0.416 e. The third kappa shape index (κ3) is 5.98. The maximum absolute atomic E-state index is 12.9. The molecule has 0 saturated carbocycles. The van der Waals surface area contributed by atoms with Crippen molar-refractivity contribution in [3.8, 4) is 0 Å². The summed E-state index contributed by atoms with van der Waals surface area (Å²) >= 11 is 0. The SMILES string of the molecule is C=CCc1cccnc1C(NC(=O)N[C@@H](C)C(F)(F)F)c1ccc(C(F)(F)F)cc1. The summed E-state index contributed by atoms with van der Waals surface area (Å²) in [5.74, 6) is 0. The zero-order chi connectivity index (χ0) is 22.5. The minimum absolute atomic E-state index is 0.224. The van der Waals surface area contributed by atoms with Gasteiger partial charge >= 0.3 is 18.4 Å². The Bertz CT molecular complexity index is 877. The maximum atomic E-state index is 12.9. The molecule has 0 aliphatic rings. The summed E-state index contributed by atoms with van der Waals surface area (Å²) < 4.78 is 76.8. The Labute approximate surface area is 169 Å². The first-order valence-corrected chi connectivity index (χ1v) is 8.79. The first kappa shape index (κ1) is 23.2. The average Bonchev–Trinajstić information content (AvgIpc) is 2.66. The number of halogens is 6. The second-order valence-corrected chi connectivity index (χ2v) is 6.47. The lowest BCUT2D eigenvalue weighted by atomic mass is 9.97. The molecule has 0 aliphatic carbocycles. The van der Waals surface area contributed by atoms with E-state index in [9.17, 15) is 31.1 Å². The first-order chi connectivity index (χ1) is 13.9. The minimum atomic E-state index is -4.65. The van der Waals surface area contributed by atoms with Gasteiger partial charge in [-0.15, -0.1) is 6.58 Å². The normalized spacial score (nSPS) is 14.0. The lowest BCUT2D eigenvalue weighted by molar-refractivity contribution is -0.148. The predicted octanol–water partition coefficient (Wildman–Crippen LogP) is 5.17. The van der Waals surface area contributed by atoms with E-state index in [1.54, 1.807) is 23.5 Å². The van der Waals surface area contributed by atoms with Crippen LogP contribution in [0.2, 0.25) is 0 Å². The van der Waals surface area contributed by atoms with Gasteiger partial charge in [-0.1, -0.05) is 24.3 Å². The predicted molar refractivity (Wildman–Crippen MR) is 98.6 cm³/mol. The molecule has 1 aromatic carbocycles. The van der Waals surface area contributed by atoms with Crippen LogP contribution in [0.1, 0.15) is 35.3 Å². The molecule has 4 nitrogen and oxygen atoms in total. The highest BCUT2D eigenvalue weighted by atomic mass is 19.4. The number of benzene rings is 1. The van der Waals surface area contributed by atoms with E-state index < -0.39 is 36.0 Å². The van der Waals surface area contributed by atoms with Crippen molar-refractivity contribution in [2.75, 3.05) is 0 Å². The molecular weight excluding hydrogens is 412 g/mol. The lowest BCUT2D eigenvalue weighted by Crippen LogP contribution is -2.48. The number of carbonyl (C=O) groups is 1. The van der Waals surface area contributed by atoms with E-state index in [4.69, 9.17) is 0 Å². The quantitative estimate of drug-likeness (QED) is 0.490. The summed E-state index contributed by atoms with van der Waals surface area (Å²) in [4.78, 5) is 16.4. The van der Waals surface area contributed by atoms with E-state index in [-0.39, 0.29) is 11.3 Å². The van der Waals surface area contributed by atoms with E-state index >= 15 is 0 Å². The van der Waals surface area contributed by atoms with Gasteiger partial charge in [0.25, 0.3) is 0 Å². The van der Waals surface area contributed by atoms with E-state index in [1.807, 2.05) is 0 Å². The van der Waals surface area contributed by atoms with Crippen LogP contribution in [0.4, 0.5) is 31.1 Å². The monoisotopic (exact) mass is 431 g/mol. The van der Waals surface area contributed by atoms with Crippen molar-refractivity contribution < 1.29 is 31.1 Å². The van der Waals surface area contributed by atoms with E-state index in [0.29, 0.717) is 12.0 Å². The molecule has 0 spiro atoms. The fourth-order valence-corrected chi connectivity index (χ4v) is 2.66. The van der Waals surface area contributed by atoms with Gasteiger partial charge in [-0.3, -0.25) is 4.98 Å². The number of rotatable bonds is 6. The number of pyridine rings is 1. The van der Waals surface area contributed by atoms with Crippen molar-refractivity contribution in [1.29, 1.82) is 0 Å². The van der Waals surface area contributed by atoms with Crippen LogP contribution in [0.3, 0.4) is 0 Å². The van der Waals surface area contributed by atoms with Crippen molar-refractivity contribution in [2.45, 2.75) is 37.8 Å². The summed E-state index contributed by atoms with van der Waals surface area (Å²) in [6.07, 6.45) is -5.89. The van der Waals surface area contributed by atoms with Crippen LogP contribution in [-0.2, 0) is 12.6 Å². The molecule has 0 bridgehead atoms. The standard InChI is InChI=1S/C20H19F6N3O/c1-3-5-13-6-4-11-27-16(13)17(29-18(30)28-12(2)19(21,22)23)14-7-9-15(10-8-14)20(24,25)26/h3-4,6-12,17H,1,5H2,2H3,(H2,28,29,30)/t12-,17?/m0/s1. The van der Waals surface area contributed by atoms with Crippen LogP contribution in [0.15, 0.2) is 55.3 Å². The van der Waals surface area contributed by atoms with Gasteiger partial charge in [-0.25, -0.2) is 4.79 Å². The Morgan fingerprint density at radius 1 is 1.10 bits per heavy atom. The zero-order valence-corrected chi connectivity index (χ0v) is 15.8. The molecule has 30 heavy (non-hydrogen) atoms. The Morgan fingerprint density at radius 3 is 2.27 bits per heavy atom. The zero-order valence-electron chi connectivity index (χ0n) is 15.8. The molecule has 162 valence electrons. The van der Waals surface area contributed by atoms with Gasteiger partial charge < -0.3 is 10.6 Å². The highest BCUT2D eigenvalue weighted by Crippen LogP contribution is 2.31. The Balaban J connectivity index is 2.41. The number of urea groups is 1. The Kier molecular flexibility index (Phi) is 7.12. The highest BCUT2D eigenvalue weighted by Gasteiger charge is 2.37. The molecule has 2 N–H and O–H groups in total. The summed E-state index contributed by atoms with van der Waals surface area (Å²) in [5.41, 5.74) is 0.225. The van der Waals surface area contributed by atoms with Crippen molar-refractivity contribution in [2.24, 2.45) is 0 Å². The highest BCUT2D eigenvalue weighted by molar-refractivity contribution is 5.75. The van der Waals surface area contributed by atoms with Crippen LogP contribution in [0.5, 0.6) is 0 Å². The number of nitrogens with zero attached hydrogens (tertiary/aromatic N) is 1. The molecule has 2 aromatic rings. The number of nitrogens with one attached hydrogen (secondary N) is 2. The fourth-order valence-electron chi connectivity index (χ4n) is 2.66. The van der Waals surface area contributed by atoms with Gasteiger partial charge in [-0.2, -0.15) is 26.3 Å². The van der Waals surface area contributed by atoms with Crippen molar-refractivity contribution >= 4 is 6.03 Å². The van der Waals surface area contributed by atoms with Crippen LogP contribution < -0.4 is 10.6 Å². The topological polar surface area (TPSA) is 54.0 Å². The van der Waals surface area contributed by atoms with E-state index in [0.717, 1.165) is 31.2 Å². The van der Waals surface area contributed by atoms with E-state index in [2.05, 4.69) is 16.9 Å². The van der Waals surface area contributed by atoms with Gasteiger partial charge in [0.05, 0.1) is 17.3 Å². The van der Waals surface area contributed by atoms with Gasteiger partial charge in [0.15, 0.2) is 0 Å². The molecule has 0 radical (unpaired) electrons. The van der Waals surface area contributed by atoms with Crippen LogP contribution in [-0.4, -0.2) is 23.2 Å². The van der Waals surface area contributed by atoms with Gasteiger partial charge in [-0.05, 0) is 42.7 Å². The van der Waals surface area contributed by atoms with Gasteiger partial charge in [0, 0.05) is 6.20 Å². The molecule has 0 saturated heterocycles.